The van der Waals surface area contributed by atoms with Gasteiger partial charge in [-0.3, -0.25) is 25.1 Å². The van der Waals surface area contributed by atoms with Crippen molar-refractivity contribution < 1.29 is 19.2 Å². The van der Waals surface area contributed by atoms with Gasteiger partial charge in [0.15, 0.2) is 0 Å². The summed E-state index contributed by atoms with van der Waals surface area (Å²) < 4.78 is 6.05. The Morgan fingerprint density at radius 2 is 1.89 bits per heavy atom. The van der Waals surface area contributed by atoms with Crippen LogP contribution in [0.2, 0.25) is 0 Å². The Morgan fingerprint density at radius 1 is 1.21 bits per heavy atom. The molecule has 1 fully saturated rings. The van der Waals surface area contributed by atoms with Crippen LogP contribution in [0.15, 0.2) is 52.5 Å². The fraction of sp³-hybridized carbons (Fsp3) is 0.158. The Labute approximate surface area is 169 Å². The predicted octanol–water partition coefficient (Wildman–Crippen LogP) is 3.61. The number of nitrogens with zero attached hydrogens (tertiary/aromatic N) is 2. The molecule has 2 aromatic carbocycles. The van der Waals surface area contributed by atoms with Crippen LogP contribution >= 0.6 is 15.9 Å². The lowest BCUT2D eigenvalue weighted by Gasteiger charge is -2.14. The number of rotatable bonds is 5. The van der Waals surface area contributed by atoms with Gasteiger partial charge in [-0.05, 0) is 38.1 Å². The quantitative estimate of drug-likeness (QED) is 0.327. The van der Waals surface area contributed by atoms with Crippen molar-refractivity contribution in [2.45, 2.75) is 20.0 Å². The zero-order valence-corrected chi connectivity index (χ0v) is 16.6. The molecule has 0 aromatic heterocycles. The van der Waals surface area contributed by atoms with Crippen LogP contribution in [0, 0.1) is 10.1 Å². The average Bonchev–Trinajstić information content (AvgIpc) is 2.92. The van der Waals surface area contributed by atoms with Crippen LogP contribution in [0.3, 0.4) is 0 Å². The topological polar surface area (TPSA) is 102 Å². The largest absolute Gasteiger partial charge is 0.484 e. The SMILES string of the molecule is CC(C)Oc1c(/C=C2/C(=O)NN(c3ccccc3)C2=O)cc(Br)cc1[N+](=O)[O-]. The third-order valence-corrected chi connectivity index (χ3v) is 4.28. The zero-order chi connectivity index (χ0) is 20.4. The van der Waals surface area contributed by atoms with Crippen molar-refractivity contribution in [3.05, 3.63) is 68.2 Å². The third kappa shape index (κ3) is 3.89. The molecule has 0 radical (unpaired) electrons. The second kappa shape index (κ2) is 7.81. The molecule has 2 aromatic rings. The van der Waals surface area contributed by atoms with E-state index in [1.54, 1.807) is 50.2 Å². The van der Waals surface area contributed by atoms with Gasteiger partial charge in [-0.25, -0.2) is 5.01 Å². The number of nitro groups is 1. The Bertz CT molecular complexity index is 989. The molecule has 0 aliphatic carbocycles. The molecule has 3 rings (SSSR count). The van der Waals surface area contributed by atoms with Gasteiger partial charge in [-0.2, -0.15) is 0 Å². The van der Waals surface area contributed by atoms with E-state index >= 15 is 0 Å². The number of hydrazine groups is 1. The van der Waals surface area contributed by atoms with Crippen molar-refractivity contribution >= 4 is 45.2 Å². The highest BCUT2D eigenvalue weighted by Crippen LogP contribution is 2.37. The van der Waals surface area contributed by atoms with Crippen LogP contribution in [0.25, 0.3) is 6.08 Å². The van der Waals surface area contributed by atoms with E-state index in [9.17, 15) is 19.7 Å². The van der Waals surface area contributed by atoms with Crippen LogP contribution in [-0.2, 0) is 9.59 Å². The minimum atomic E-state index is -0.605. The van der Waals surface area contributed by atoms with E-state index in [2.05, 4.69) is 21.4 Å². The van der Waals surface area contributed by atoms with Gasteiger partial charge >= 0.3 is 5.69 Å². The van der Waals surface area contributed by atoms with Crippen molar-refractivity contribution in [3.63, 3.8) is 0 Å². The van der Waals surface area contributed by atoms with Crippen molar-refractivity contribution in [1.82, 2.24) is 5.43 Å². The number of hydrogen-bond acceptors (Lipinski definition) is 5. The number of benzene rings is 2. The fourth-order valence-electron chi connectivity index (χ4n) is 2.68. The molecule has 0 spiro atoms. The molecule has 0 saturated carbocycles. The van der Waals surface area contributed by atoms with Crippen molar-refractivity contribution in [2.24, 2.45) is 0 Å². The van der Waals surface area contributed by atoms with E-state index in [0.29, 0.717) is 10.2 Å². The molecule has 144 valence electrons. The summed E-state index contributed by atoms with van der Waals surface area (Å²) in [6, 6.07) is 11.5. The number of carbonyl (C=O) groups is 2. The Morgan fingerprint density at radius 3 is 2.50 bits per heavy atom. The molecule has 2 amide bonds. The Hall–Kier alpha value is -3.20. The van der Waals surface area contributed by atoms with Crippen LogP contribution in [-0.4, -0.2) is 22.8 Å². The smallest absolute Gasteiger partial charge is 0.312 e. The number of anilines is 1. The van der Waals surface area contributed by atoms with Crippen LogP contribution in [0.4, 0.5) is 11.4 Å². The van der Waals surface area contributed by atoms with Crippen molar-refractivity contribution in [1.29, 1.82) is 0 Å². The standard InChI is InChI=1S/C19H16BrN3O5/c1-11(2)28-17-12(8-13(20)10-16(17)23(26)27)9-15-18(24)21-22(19(15)25)14-6-4-3-5-7-14/h3-11H,1-2H3,(H,21,24)/b15-9-. The lowest BCUT2D eigenvalue weighted by Crippen LogP contribution is -2.35. The summed E-state index contributed by atoms with van der Waals surface area (Å²) in [7, 11) is 0. The molecular formula is C19H16BrN3O5. The first kappa shape index (κ1) is 19.6. The average molecular weight is 446 g/mol. The number of hydrogen-bond donors (Lipinski definition) is 1. The van der Waals surface area contributed by atoms with E-state index in [4.69, 9.17) is 4.74 Å². The molecular weight excluding hydrogens is 430 g/mol. The molecule has 1 saturated heterocycles. The van der Waals surface area contributed by atoms with E-state index in [-0.39, 0.29) is 28.7 Å². The Balaban J connectivity index is 2.09. The summed E-state index contributed by atoms with van der Waals surface area (Å²) in [6.45, 7) is 3.46. The number of ether oxygens (including phenoxy) is 1. The number of para-hydroxylation sites is 1. The summed E-state index contributed by atoms with van der Waals surface area (Å²) in [4.78, 5) is 36.0. The monoisotopic (exact) mass is 445 g/mol. The van der Waals surface area contributed by atoms with E-state index in [1.807, 2.05) is 0 Å². The maximum atomic E-state index is 12.7. The maximum absolute atomic E-state index is 12.7. The highest BCUT2D eigenvalue weighted by Gasteiger charge is 2.35. The third-order valence-electron chi connectivity index (χ3n) is 3.82. The molecule has 28 heavy (non-hydrogen) atoms. The molecule has 9 heteroatoms. The van der Waals surface area contributed by atoms with E-state index < -0.39 is 16.7 Å². The zero-order valence-electron chi connectivity index (χ0n) is 15.0. The van der Waals surface area contributed by atoms with Gasteiger partial charge in [0.25, 0.3) is 11.8 Å². The molecule has 0 atom stereocenters. The Kier molecular flexibility index (Phi) is 5.46. The first-order chi connectivity index (χ1) is 13.3. The molecule has 1 N–H and O–H groups in total. The summed E-state index contributed by atoms with van der Waals surface area (Å²) >= 11 is 3.22. The summed E-state index contributed by atoms with van der Waals surface area (Å²) in [5.41, 5.74) is 2.84. The lowest BCUT2D eigenvalue weighted by atomic mass is 10.1. The molecule has 8 nitrogen and oxygen atoms in total. The van der Waals surface area contributed by atoms with Crippen molar-refractivity contribution in [2.75, 3.05) is 5.01 Å². The molecule has 1 aliphatic rings. The molecule has 1 heterocycles. The van der Waals surface area contributed by atoms with Crippen LogP contribution in [0.5, 0.6) is 5.75 Å². The summed E-state index contributed by atoms with van der Waals surface area (Å²) in [5.74, 6) is -1.17. The minimum Gasteiger partial charge on any atom is -0.484 e. The first-order valence-corrected chi connectivity index (χ1v) is 9.14. The minimum absolute atomic E-state index is 0.00513. The highest BCUT2D eigenvalue weighted by atomic mass is 79.9. The second-order valence-corrected chi connectivity index (χ2v) is 7.16. The van der Waals surface area contributed by atoms with Gasteiger partial charge < -0.3 is 4.74 Å². The highest BCUT2D eigenvalue weighted by molar-refractivity contribution is 9.10. The summed E-state index contributed by atoms with van der Waals surface area (Å²) in [5, 5.41) is 12.6. The molecule has 0 unspecified atom stereocenters. The van der Waals surface area contributed by atoms with Crippen LogP contribution in [0.1, 0.15) is 19.4 Å². The van der Waals surface area contributed by atoms with E-state index in [0.717, 1.165) is 5.01 Å². The maximum Gasteiger partial charge on any atom is 0.312 e. The second-order valence-electron chi connectivity index (χ2n) is 6.24. The van der Waals surface area contributed by atoms with E-state index in [1.165, 1.54) is 12.1 Å². The van der Waals surface area contributed by atoms with Gasteiger partial charge in [0, 0.05) is 16.1 Å². The van der Waals surface area contributed by atoms with Gasteiger partial charge in [0.1, 0.15) is 5.57 Å². The van der Waals surface area contributed by atoms with Gasteiger partial charge in [-0.15, -0.1) is 0 Å². The van der Waals surface area contributed by atoms with Crippen LogP contribution < -0.4 is 15.2 Å². The fourth-order valence-corrected chi connectivity index (χ4v) is 3.14. The predicted molar refractivity (Wildman–Crippen MR) is 107 cm³/mol. The summed E-state index contributed by atoms with van der Waals surface area (Å²) in [6.07, 6.45) is 0.960. The number of carbonyl (C=O) groups excluding carboxylic acids is 2. The van der Waals surface area contributed by atoms with Crippen molar-refractivity contribution in [3.8, 4) is 5.75 Å². The number of amides is 2. The molecule has 0 bridgehead atoms. The molecule has 1 aliphatic heterocycles. The van der Waals surface area contributed by atoms with Gasteiger partial charge in [-0.1, -0.05) is 34.1 Å². The number of halogens is 1. The first-order valence-electron chi connectivity index (χ1n) is 8.34. The lowest BCUT2D eigenvalue weighted by molar-refractivity contribution is -0.386. The number of nitro benzene ring substituents is 1. The van der Waals surface area contributed by atoms with Gasteiger partial charge in [0.2, 0.25) is 5.75 Å². The van der Waals surface area contributed by atoms with Gasteiger partial charge in [0.05, 0.1) is 16.7 Å². The normalized spacial score (nSPS) is 15.3. The number of nitrogens with one attached hydrogen (secondary N) is 1.